The van der Waals surface area contributed by atoms with Crippen LogP contribution in [-0.2, 0) is 4.79 Å². The van der Waals surface area contributed by atoms with Gasteiger partial charge in [-0.2, -0.15) is 0 Å². The van der Waals surface area contributed by atoms with Crippen LogP contribution >= 0.6 is 0 Å². The molecule has 1 aliphatic rings. The normalized spacial score (nSPS) is 26.9. The van der Waals surface area contributed by atoms with E-state index in [2.05, 4.69) is 32.6 Å². The number of likely N-dealkylation sites (tertiary alicyclic amines) is 1. The summed E-state index contributed by atoms with van der Waals surface area (Å²) in [6, 6.07) is 0.691. The van der Waals surface area contributed by atoms with E-state index in [0.29, 0.717) is 12.0 Å². The second-order valence-corrected chi connectivity index (χ2v) is 5.55. The summed E-state index contributed by atoms with van der Waals surface area (Å²) in [6.45, 7) is 10.9. The van der Waals surface area contributed by atoms with Gasteiger partial charge >= 0.3 is 0 Å². The summed E-state index contributed by atoms with van der Waals surface area (Å²) in [5.41, 5.74) is -0.141. The zero-order valence-electron chi connectivity index (χ0n) is 10.6. The molecule has 2 atom stereocenters. The summed E-state index contributed by atoms with van der Waals surface area (Å²) in [4.78, 5) is 13.6. The Kier molecular flexibility index (Phi) is 4.32. The van der Waals surface area contributed by atoms with E-state index in [1.807, 2.05) is 0 Å². The highest BCUT2D eigenvalue weighted by atomic mass is 16.1. The van der Waals surface area contributed by atoms with Gasteiger partial charge in [0, 0.05) is 18.0 Å². The number of nitrogens with zero attached hydrogens (tertiary/aromatic N) is 1. The third-order valence-electron chi connectivity index (χ3n) is 3.84. The third-order valence-corrected chi connectivity index (χ3v) is 3.84. The molecule has 2 unspecified atom stereocenters. The predicted octanol–water partition coefficient (Wildman–Crippen LogP) is 2.72. The largest absolute Gasteiger partial charge is 0.303 e. The fourth-order valence-electron chi connectivity index (χ4n) is 2.50. The van der Waals surface area contributed by atoms with Gasteiger partial charge in [-0.3, -0.25) is 4.90 Å². The van der Waals surface area contributed by atoms with Gasteiger partial charge < -0.3 is 4.79 Å². The van der Waals surface area contributed by atoms with E-state index in [-0.39, 0.29) is 5.41 Å². The lowest BCUT2D eigenvalue weighted by Gasteiger charge is -2.33. The average molecular weight is 211 g/mol. The first-order valence-electron chi connectivity index (χ1n) is 6.23. The number of hydrogen-bond acceptors (Lipinski definition) is 2. The second-order valence-electron chi connectivity index (χ2n) is 5.55. The Morgan fingerprint density at radius 2 is 2.20 bits per heavy atom. The third kappa shape index (κ3) is 3.04. The van der Waals surface area contributed by atoms with Crippen molar-refractivity contribution in [3.63, 3.8) is 0 Å². The molecule has 2 nitrogen and oxygen atoms in total. The van der Waals surface area contributed by atoms with E-state index in [9.17, 15) is 4.79 Å². The highest BCUT2D eigenvalue weighted by Gasteiger charge is 2.32. The SMILES string of the molecule is CCC(C)(C=O)CN1CCCC1C(C)C. The van der Waals surface area contributed by atoms with Crippen LogP contribution in [0.15, 0.2) is 0 Å². The lowest BCUT2D eigenvalue weighted by atomic mass is 9.88. The fourth-order valence-corrected chi connectivity index (χ4v) is 2.50. The van der Waals surface area contributed by atoms with Crippen molar-refractivity contribution in [1.29, 1.82) is 0 Å². The van der Waals surface area contributed by atoms with E-state index in [0.717, 1.165) is 19.3 Å². The predicted molar refractivity (Wildman–Crippen MR) is 63.9 cm³/mol. The van der Waals surface area contributed by atoms with Gasteiger partial charge in [0.05, 0.1) is 0 Å². The Morgan fingerprint density at radius 3 is 2.67 bits per heavy atom. The van der Waals surface area contributed by atoms with Gasteiger partial charge in [0.1, 0.15) is 6.29 Å². The Morgan fingerprint density at radius 1 is 1.53 bits per heavy atom. The topological polar surface area (TPSA) is 20.3 Å². The number of aldehydes is 1. The first-order valence-corrected chi connectivity index (χ1v) is 6.23. The van der Waals surface area contributed by atoms with Crippen molar-refractivity contribution >= 4 is 6.29 Å². The minimum absolute atomic E-state index is 0.141. The van der Waals surface area contributed by atoms with E-state index >= 15 is 0 Å². The second kappa shape index (κ2) is 5.11. The quantitative estimate of drug-likeness (QED) is 0.652. The van der Waals surface area contributed by atoms with Gasteiger partial charge in [0.15, 0.2) is 0 Å². The van der Waals surface area contributed by atoms with Crippen LogP contribution in [0, 0.1) is 11.3 Å². The van der Waals surface area contributed by atoms with Crippen molar-refractivity contribution in [2.45, 2.75) is 53.0 Å². The molecule has 1 fully saturated rings. The summed E-state index contributed by atoms with van der Waals surface area (Å²) in [5.74, 6) is 0.709. The van der Waals surface area contributed by atoms with Crippen LogP contribution in [0.4, 0.5) is 0 Å². The minimum Gasteiger partial charge on any atom is -0.303 e. The molecule has 0 aromatic heterocycles. The zero-order chi connectivity index (χ0) is 11.5. The molecule has 1 heterocycles. The molecule has 0 aromatic carbocycles. The number of rotatable bonds is 5. The van der Waals surface area contributed by atoms with Crippen LogP contribution < -0.4 is 0 Å². The van der Waals surface area contributed by atoms with Crippen LogP contribution in [0.5, 0.6) is 0 Å². The summed E-state index contributed by atoms with van der Waals surface area (Å²) in [6.07, 6.45) is 4.68. The van der Waals surface area contributed by atoms with Gasteiger partial charge in [0.25, 0.3) is 0 Å². The van der Waals surface area contributed by atoms with E-state index in [1.54, 1.807) is 0 Å². The van der Waals surface area contributed by atoms with Crippen LogP contribution in [0.3, 0.4) is 0 Å². The summed E-state index contributed by atoms with van der Waals surface area (Å²) < 4.78 is 0. The molecule has 1 rings (SSSR count). The Hall–Kier alpha value is -0.370. The molecule has 0 N–H and O–H groups in total. The monoisotopic (exact) mass is 211 g/mol. The van der Waals surface area contributed by atoms with Crippen molar-refractivity contribution in [1.82, 2.24) is 4.90 Å². The maximum atomic E-state index is 11.1. The molecule has 0 bridgehead atoms. The molecule has 15 heavy (non-hydrogen) atoms. The fraction of sp³-hybridized carbons (Fsp3) is 0.923. The number of carbonyl (C=O) groups is 1. The van der Waals surface area contributed by atoms with Crippen molar-refractivity contribution in [3.8, 4) is 0 Å². The molecule has 2 heteroatoms. The Labute approximate surface area is 94.0 Å². The molecule has 1 saturated heterocycles. The van der Waals surface area contributed by atoms with Crippen LogP contribution in [0.25, 0.3) is 0 Å². The van der Waals surface area contributed by atoms with Crippen LogP contribution in [0.2, 0.25) is 0 Å². The lowest BCUT2D eigenvalue weighted by Crippen LogP contribution is -2.41. The minimum atomic E-state index is -0.141. The molecule has 0 aromatic rings. The summed E-state index contributed by atoms with van der Waals surface area (Å²) >= 11 is 0. The zero-order valence-corrected chi connectivity index (χ0v) is 10.6. The molecule has 1 aliphatic heterocycles. The maximum Gasteiger partial charge on any atom is 0.127 e. The Balaban J connectivity index is 2.60. The number of hydrogen-bond donors (Lipinski definition) is 0. The highest BCUT2D eigenvalue weighted by Crippen LogP contribution is 2.28. The van der Waals surface area contributed by atoms with Gasteiger partial charge in [-0.15, -0.1) is 0 Å². The molecule has 0 saturated carbocycles. The molecular weight excluding hydrogens is 186 g/mol. The summed E-state index contributed by atoms with van der Waals surface area (Å²) in [7, 11) is 0. The van der Waals surface area contributed by atoms with Crippen LogP contribution in [0.1, 0.15) is 47.0 Å². The van der Waals surface area contributed by atoms with Gasteiger partial charge in [0.2, 0.25) is 0 Å². The van der Waals surface area contributed by atoms with Gasteiger partial charge in [-0.1, -0.05) is 27.7 Å². The van der Waals surface area contributed by atoms with Crippen molar-refractivity contribution < 1.29 is 4.79 Å². The Bertz CT molecular complexity index is 215. The van der Waals surface area contributed by atoms with Gasteiger partial charge in [-0.25, -0.2) is 0 Å². The van der Waals surface area contributed by atoms with Crippen molar-refractivity contribution in [3.05, 3.63) is 0 Å². The molecule has 0 spiro atoms. The average Bonchev–Trinajstić information content (AvgIpc) is 2.65. The van der Waals surface area contributed by atoms with E-state index in [4.69, 9.17) is 0 Å². The van der Waals surface area contributed by atoms with Crippen molar-refractivity contribution in [2.75, 3.05) is 13.1 Å². The summed E-state index contributed by atoms with van der Waals surface area (Å²) in [5, 5.41) is 0. The first kappa shape index (κ1) is 12.7. The van der Waals surface area contributed by atoms with Gasteiger partial charge in [-0.05, 0) is 31.7 Å². The lowest BCUT2D eigenvalue weighted by molar-refractivity contribution is -0.116. The van der Waals surface area contributed by atoms with E-state index < -0.39 is 0 Å². The smallest absolute Gasteiger partial charge is 0.127 e. The molecular formula is C13H25NO. The maximum absolute atomic E-state index is 11.1. The highest BCUT2D eigenvalue weighted by molar-refractivity contribution is 5.58. The van der Waals surface area contributed by atoms with Crippen molar-refractivity contribution in [2.24, 2.45) is 11.3 Å². The standard InChI is InChI=1S/C13H25NO/c1-5-13(4,10-15)9-14-8-6-7-12(14)11(2)3/h10-12H,5-9H2,1-4H3. The number of carbonyl (C=O) groups excluding carboxylic acids is 1. The first-order chi connectivity index (χ1) is 7.02. The molecule has 0 amide bonds. The molecule has 88 valence electrons. The molecule has 0 radical (unpaired) electrons. The van der Waals surface area contributed by atoms with Crippen LogP contribution in [-0.4, -0.2) is 30.3 Å². The van der Waals surface area contributed by atoms with E-state index in [1.165, 1.54) is 19.4 Å². The molecule has 0 aliphatic carbocycles.